The lowest BCUT2D eigenvalue weighted by Gasteiger charge is -2.17. The third-order valence-electron chi connectivity index (χ3n) is 3.74. The summed E-state index contributed by atoms with van der Waals surface area (Å²) < 4.78 is 10.3. The summed E-state index contributed by atoms with van der Waals surface area (Å²) in [5.74, 6) is -1.37. The molecule has 0 saturated heterocycles. The lowest BCUT2D eigenvalue weighted by molar-refractivity contribution is 0.354. The third kappa shape index (κ3) is 1.54. The molecule has 22 heavy (non-hydrogen) atoms. The van der Waals surface area contributed by atoms with Crippen molar-refractivity contribution in [2.45, 2.75) is 0 Å². The normalized spacial score (nSPS) is 11.2. The number of hydrogen-bond acceptors (Lipinski definition) is 6. The van der Waals surface area contributed by atoms with E-state index in [1.807, 2.05) is 0 Å². The van der Waals surface area contributed by atoms with Gasteiger partial charge in [0.25, 0.3) is 0 Å². The van der Waals surface area contributed by atoms with Crippen molar-refractivity contribution in [1.82, 2.24) is 0 Å². The molecule has 3 aromatic carbocycles. The molecule has 4 N–H and O–H groups in total. The molecule has 0 atom stereocenters. The van der Waals surface area contributed by atoms with E-state index in [9.17, 15) is 20.4 Å². The van der Waals surface area contributed by atoms with Crippen molar-refractivity contribution in [3.05, 3.63) is 17.4 Å². The van der Waals surface area contributed by atoms with Crippen LogP contribution in [0.4, 0.5) is 0 Å². The molecule has 0 heterocycles. The van der Waals surface area contributed by atoms with E-state index < -0.39 is 11.5 Å². The predicted molar refractivity (Wildman–Crippen MR) is 82.0 cm³/mol. The molecule has 0 saturated carbocycles. The zero-order valence-corrected chi connectivity index (χ0v) is 12.0. The summed E-state index contributed by atoms with van der Waals surface area (Å²) in [6.07, 6.45) is 0. The second kappa shape index (κ2) is 4.49. The van der Waals surface area contributed by atoms with Gasteiger partial charge in [-0.25, -0.2) is 0 Å². The van der Waals surface area contributed by atoms with Gasteiger partial charge in [0.2, 0.25) is 5.75 Å². The molecule has 0 amide bonds. The number of aromatic hydroxyl groups is 4. The van der Waals surface area contributed by atoms with E-state index in [-0.39, 0.29) is 28.0 Å². The molecule has 0 aromatic heterocycles. The van der Waals surface area contributed by atoms with Crippen LogP contribution in [0, 0.1) is 0 Å². The summed E-state index contributed by atoms with van der Waals surface area (Å²) in [5, 5.41) is 42.1. The maximum Gasteiger partial charge on any atom is 0.202 e. The van der Waals surface area contributed by atoms with Crippen molar-refractivity contribution in [1.29, 1.82) is 0 Å². The van der Waals surface area contributed by atoms with Crippen molar-refractivity contribution in [3.63, 3.8) is 0 Å². The quantitative estimate of drug-likeness (QED) is 0.540. The van der Waals surface area contributed by atoms with E-state index in [4.69, 9.17) is 9.47 Å². The Morgan fingerprint density at radius 1 is 0.773 bits per heavy atom. The summed E-state index contributed by atoms with van der Waals surface area (Å²) in [4.78, 5) is 0. The molecule has 114 valence electrons. The molecule has 0 bridgehead atoms. The van der Waals surface area contributed by atoms with Gasteiger partial charge in [0, 0.05) is 16.8 Å². The minimum atomic E-state index is -0.566. The van der Waals surface area contributed by atoms with Gasteiger partial charge in [0.15, 0.2) is 11.5 Å². The molecular formula is C16H14O6. The fraction of sp³-hybridized carbons (Fsp3) is 0.125. The molecule has 0 fully saturated rings. The highest BCUT2D eigenvalue weighted by Gasteiger charge is 2.25. The number of phenols is 4. The van der Waals surface area contributed by atoms with E-state index >= 15 is 0 Å². The number of ether oxygens (including phenoxy) is 2. The Labute approximate surface area is 125 Å². The van der Waals surface area contributed by atoms with Gasteiger partial charge < -0.3 is 29.9 Å². The highest BCUT2D eigenvalue weighted by molar-refractivity contribution is 6.21. The number of rotatable bonds is 2. The highest BCUT2D eigenvalue weighted by atomic mass is 16.5. The van der Waals surface area contributed by atoms with Gasteiger partial charge in [-0.2, -0.15) is 0 Å². The molecule has 0 aliphatic heterocycles. The average molecular weight is 302 g/mol. The Morgan fingerprint density at radius 3 is 2.00 bits per heavy atom. The van der Waals surface area contributed by atoms with E-state index in [0.29, 0.717) is 21.7 Å². The van der Waals surface area contributed by atoms with Gasteiger partial charge in [-0.05, 0) is 11.3 Å². The second-order valence-corrected chi connectivity index (χ2v) is 4.88. The predicted octanol–water partition coefficient (Wildman–Crippen LogP) is 1.96. The summed E-state index contributed by atoms with van der Waals surface area (Å²) in [6.45, 7) is 3.85. The Bertz CT molecular complexity index is 961. The summed E-state index contributed by atoms with van der Waals surface area (Å²) in [7, 11) is 2.73. The Kier molecular flexibility index (Phi) is 2.84. The number of phenolic OH excluding ortho intramolecular Hbond substituents is 4. The second-order valence-electron chi connectivity index (χ2n) is 4.88. The first-order chi connectivity index (χ1) is 10.4. The number of methoxy groups -OCH3 is 2. The first kappa shape index (κ1) is 13.9. The Balaban J connectivity index is 2.81. The average Bonchev–Trinajstić information content (AvgIpc) is 2.47. The van der Waals surface area contributed by atoms with Crippen LogP contribution in [0.5, 0.6) is 34.5 Å². The van der Waals surface area contributed by atoms with Crippen molar-refractivity contribution in [2.24, 2.45) is 0 Å². The smallest absolute Gasteiger partial charge is 0.202 e. The summed E-state index contributed by atoms with van der Waals surface area (Å²) >= 11 is 0. The fourth-order valence-corrected chi connectivity index (χ4v) is 2.82. The van der Waals surface area contributed by atoms with Crippen LogP contribution < -0.4 is 14.7 Å². The van der Waals surface area contributed by atoms with Gasteiger partial charge in [-0.15, -0.1) is 0 Å². The molecule has 6 nitrogen and oxygen atoms in total. The minimum absolute atomic E-state index is 0.00935. The Morgan fingerprint density at radius 2 is 1.41 bits per heavy atom. The van der Waals surface area contributed by atoms with Gasteiger partial charge in [0.05, 0.1) is 25.0 Å². The SMILES string of the molecule is C=c1cc(O)c2c(O)c(O)c(OC)c3c(O)cc(OC)c1c23. The van der Waals surface area contributed by atoms with Crippen LogP contribution in [0.3, 0.4) is 0 Å². The summed E-state index contributed by atoms with van der Waals surface area (Å²) in [5.41, 5.74) is 0. The highest BCUT2D eigenvalue weighted by Crippen LogP contribution is 2.53. The van der Waals surface area contributed by atoms with Crippen LogP contribution in [-0.2, 0) is 0 Å². The standard InChI is InChI=1S/C16H14O6/c1-6-4-7(17)11-13-10(6)9(21-2)5-8(18)12(13)16(22-3)15(20)14(11)19/h4-5,17-20H,1H2,2-3H3. The van der Waals surface area contributed by atoms with Gasteiger partial charge in [0.1, 0.15) is 17.2 Å². The molecule has 0 spiro atoms. The van der Waals surface area contributed by atoms with Crippen LogP contribution in [0.25, 0.3) is 28.1 Å². The lowest BCUT2D eigenvalue weighted by atomic mass is 9.95. The molecule has 0 unspecified atom stereocenters. The first-order valence-corrected chi connectivity index (χ1v) is 6.38. The molecule has 0 radical (unpaired) electrons. The van der Waals surface area contributed by atoms with E-state index in [1.165, 1.54) is 26.4 Å². The fourth-order valence-electron chi connectivity index (χ4n) is 2.82. The van der Waals surface area contributed by atoms with Crippen molar-refractivity contribution < 1.29 is 29.9 Å². The van der Waals surface area contributed by atoms with Gasteiger partial charge in [-0.3, -0.25) is 0 Å². The van der Waals surface area contributed by atoms with Crippen molar-refractivity contribution in [2.75, 3.05) is 14.2 Å². The molecule has 6 heteroatoms. The van der Waals surface area contributed by atoms with Crippen LogP contribution in [0.2, 0.25) is 0 Å². The van der Waals surface area contributed by atoms with Gasteiger partial charge in [-0.1, -0.05) is 6.58 Å². The third-order valence-corrected chi connectivity index (χ3v) is 3.74. The maximum atomic E-state index is 10.3. The van der Waals surface area contributed by atoms with Crippen LogP contribution >= 0.6 is 0 Å². The topological polar surface area (TPSA) is 99.4 Å². The van der Waals surface area contributed by atoms with Crippen LogP contribution in [0.15, 0.2) is 12.1 Å². The number of benzene rings is 3. The van der Waals surface area contributed by atoms with E-state index in [2.05, 4.69) is 6.58 Å². The largest absolute Gasteiger partial charge is 0.507 e. The van der Waals surface area contributed by atoms with Crippen molar-refractivity contribution >= 4 is 28.1 Å². The van der Waals surface area contributed by atoms with Crippen LogP contribution in [0.1, 0.15) is 0 Å². The molecule has 0 aliphatic rings. The zero-order valence-electron chi connectivity index (χ0n) is 12.0. The van der Waals surface area contributed by atoms with Gasteiger partial charge >= 0.3 is 0 Å². The summed E-state index contributed by atoms with van der Waals surface area (Å²) in [6, 6.07) is 2.71. The lowest BCUT2D eigenvalue weighted by Crippen LogP contribution is -2.03. The van der Waals surface area contributed by atoms with E-state index in [1.54, 1.807) is 0 Å². The van der Waals surface area contributed by atoms with Crippen LogP contribution in [-0.4, -0.2) is 34.6 Å². The van der Waals surface area contributed by atoms with Crippen molar-refractivity contribution in [3.8, 4) is 34.5 Å². The molecule has 0 aliphatic carbocycles. The zero-order chi connectivity index (χ0) is 16.2. The first-order valence-electron chi connectivity index (χ1n) is 6.38. The monoisotopic (exact) mass is 302 g/mol. The molecule has 3 aromatic rings. The van der Waals surface area contributed by atoms with E-state index in [0.717, 1.165) is 0 Å². The minimum Gasteiger partial charge on any atom is -0.507 e. The molecule has 3 rings (SSSR count). The Hall–Kier alpha value is -3.02. The number of hydrogen-bond donors (Lipinski definition) is 4. The maximum absolute atomic E-state index is 10.3. The molecular weight excluding hydrogens is 288 g/mol.